The molecular formula is C17H24N4O2S. The Morgan fingerprint density at radius 2 is 1.71 bits per heavy atom. The lowest BCUT2D eigenvalue weighted by Gasteiger charge is -2.22. The molecule has 0 unspecified atom stereocenters. The maximum atomic E-state index is 11.2. The molecule has 0 aliphatic rings. The van der Waals surface area contributed by atoms with Gasteiger partial charge in [0.05, 0.1) is 6.26 Å². The molecule has 0 bridgehead atoms. The predicted molar refractivity (Wildman–Crippen MR) is 100 cm³/mol. The van der Waals surface area contributed by atoms with Crippen molar-refractivity contribution < 1.29 is 8.42 Å². The number of hydrogen-bond acceptors (Lipinski definition) is 5. The van der Waals surface area contributed by atoms with E-state index in [1.807, 2.05) is 37.5 Å². The van der Waals surface area contributed by atoms with Crippen molar-refractivity contribution in [3.05, 3.63) is 48.2 Å². The summed E-state index contributed by atoms with van der Waals surface area (Å²) in [5.41, 5.74) is 2.54. The van der Waals surface area contributed by atoms with Gasteiger partial charge in [-0.2, -0.15) is 0 Å². The van der Waals surface area contributed by atoms with Crippen molar-refractivity contribution in [3.63, 3.8) is 0 Å². The van der Waals surface area contributed by atoms with Gasteiger partial charge in [0, 0.05) is 37.2 Å². The zero-order valence-corrected chi connectivity index (χ0v) is 15.3. The molecule has 7 heteroatoms. The first-order valence-electron chi connectivity index (χ1n) is 7.74. The van der Waals surface area contributed by atoms with Gasteiger partial charge >= 0.3 is 0 Å². The minimum Gasteiger partial charge on any atom is -0.381 e. The van der Waals surface area contributed by atoms with E-state index in [-0.39, 0.29) is 0 Å². The molecule has 0 saturated heterocycles. The van der Waals surface area contributed by atoms with Crippen molar-refractivity contribution in [2.45, 2.75) is 26.4 Å². The van der Waals surface area contributed by atoms with E-state index < -0.39 is 10.0 Å². The maximum Gasteiger partial charge on any atom is 0.229 e. The van der Waals surface area contributed by atoms with Gasteiger partial charge < -0.3 is 10.2 Å². The average molecular weight is 348 g/mol. The topological polar surface area (TPSA) is 74.3 Å². The Morgan fingerprint density at radius 3 is 2.21 bits per heavy atom. The van der Waals surface area contributed by atoms with E-state index in [2.05, 4.69) is 33.8 Å². The van der Waals surface area contributed by atoms with Gasteiger partial charge in [0.15, 0.2) is 0 Å². The smallest absolute Gasteiger partial charge is 0.229 e. The molecule has 0 amide bonds. The molecule has 1 aromatic heterocycles. The predicted octanol–water partition coefficient (Wildman–Crippen LogP) is 2.91. The number of nitrogens with zero attached hydrogens (tertiary/aromatic N) is 2. The third kappa shape index (κ3) is 5.42. The van der Waals surface area contributed by atoms with Gasteiger partial charge in [0.1, 0.15) is 5.82 Å². The zero-order valence-electron chi connectivity index (χ0n) is 14.4. The summed E-state index contributed by atoms with van der Waals surface area (Å²) >= 11 is 0. The fraction of sp³-hybridized carbons (Fsp3) is 0.353. The molecule has 1 aromatic carbocycles. The van der Waals surface area contributed by atoms with Crippen LogP contribution in [0.15, 0.2) is 42.6 Å². The van der Waals surface area contributed by atoms with Crippen LogP contribution in [0.1, 0.15) is 19.4 Å². The maximum absolute atomic E-state index is 11.2. The average Bonchev–Trinajstić information content (AvgIpc) is 2.52. The molecule has 130 valence electrons. The molecule has 1 heterocycles. The van der Waals surface area contributed by atoms with E-state index in [4.69, 9.17) is 0 Å². The van der Waals surface area contributed by atoms with E-state index in [0.29, 0.717) is 18.3 Å². The second-order valence-electron chi connectivity index (χ2n) is 6.03. The molecule has 0 radical (unpaired) electrons. The molecule has 0 spiro atoms. The summed E-state index contributed by atoms with van der Waals surface area (Å²) in [4.78, 5) is 6.59. The normalized spacial score (nSPS) is 11.4. The molecule has 24 heavy (non-hydrogen) atoms. The summed E-state index contributed by atoms with van der Waals surface area (Å²) in [6.07, 6.45) is 2.99. The SMILES string of the molecule is CC(C)N(C)c1ccc(CNc2ccc(NS(C)(=O)=O)cc2)cn1. The zero-order chi connectivity index (χ0) is 17.7. The highest BCUT2D eigenvalue weighted by molar-refractivity contribution is 7.92. The van der Waals surface area contributed by atoms with E-state index >= 15 is 0 Å². The fourth-order valence-corrected chi connectivity index (χ4v) is 2.63. The summed E-state index contributed by atoms with van der Waals surface area (Å²) in [5, 5.41) is 3.29. The minimum absolute atomic E-state index is 0.403. The second-order valence-corrected chi connectivity index (χ2v) is 7.78. The monoisotopic (exact) mass is 348 g/mol. The summed E-state index contributed by atoms with van der Waals surface area (Å²) in [6, 6.07) is 11.6. The largest absolute Gasteiger partial charge is 0.381 e. The molecule has 2 rings (SSSR count). The van der Waals surface area contributed by atoms with Crippen molar-refractivity contribution in [2.75, 3.05) is 28.2 Å². The van der Waals surface area contributed by atoms with Crippen LogP contribution in [-0.4, -0.2) is 32.7 Å². The van der Waals surface area contributed by atoms with Gasteiger partial charge in [0.25, 0.3) is 0 Å². The molecule has 0 aliphatic heterocycles. The first kappa shape index (κ1) is 18.1. The lowest BCUT2D eigenvalue weighted by atomic mass is 10.2. The number of hydrogen-bond donors (Lipinski definition) is 2. The van der Waals surface area contributed by atoms with Crippen molar-refractivity contribution in [1.29, 1.82) is 0 Å². The number of pyridine rings is 1. The Bertz CT molecular complexity index is 756. The van der Waals surface area contributed by atoms with Gasteiger partial charge in [-0.3, -0.25) is 4.72 Å². The number of aromatic nitrogens is 1. The molecule has 0 atom stereocenters. The Hall–Kier alpha value is -2.28. The lowest BCUT2D eigenvalue weighted by molar-refractivity contribution is 0.607. The molecule has 0 saturated carbocycles. The lowest BCUT2D eigenvalue weighted by Crippen LogP contribution is -2.26. The van der Waals surface area contributed by atoms with Crippen LogP contribution in [0, 0.1) is 0 Å². The van der Waals surface area contributed by atoms with Crippen LogP contribution in [0.5, 0.6) is 0 Å². The van der Waals surface area contributed by atoms with Crippen LogP contribution >= 0.6 is 0 Å². The summed E-state index contributed by atoms with van der Waals surface area (Å²) in [7, 11) is -1.22. The highest BCUT2D eigenvalue weighted by atomic mass is 32.2. The minimum atomic E-state index is -3.25. The summed E-state index contributed by atoms with van der Waals surface area (Å²) < 4.78 is 24.8. The molecule has 0 aliphatic carbocycles. The summed E-state index contributed by atoms with van der Waals surface area (Å²) in [6.45, 7) is 4.90. The molecule has 2 N–H and O–H groups in total. The van der Waals surface area contributed by atoms with Gasteiger partial charge in [-0.15, -0.1) is 0 Å². The van der Waals surface area contributed by atoms with Crippen LogP contribution in [0.25, 0.3) is 0 Å². The first-order valence-corrected chi connectivity index (χ1v) is 9.63. The van der Waals surface area contributed by atoms with Crippen molar-refractivity contribution in [3.8, 4) is 0 Å². The van der Waals surface area contributed by atoms with Gasteiger partial charge in [-0.05, 0) is 49.7 Å². The van der Waals surface area contributed by atoms with Crippen molar-refractivity contribution in [2.24, 2.45) is 0 Å². The van der Waals surface area contributed by atoms with Crippen LogP contribution in [-0.2, 0) is 16.6 Å². The number of nitrogens with one attached hydrogen (secondary N) is 2. The number of rotatable bonds is 7. The third-order valence-corrected chi connectivity index (χ3v) is 4.24. The number of anilines is 3. The van der Waals surface area contributed by atoms with Gasteiger partial charge in [-0.1, -0.05) is 6.07 Å². The third-order valence-electron chi connectivity index (χ3n) is 3.63. The molecular weight excluding hydrogens is 324 g/mol. The Labute approximate surface area is 144 Å². The Balaban J connectivity index is 1.93. The summed E-state index contributed by atoms with van der Waals surface area (Å²) in [5.74, 6) is 0.949. The Kier molecular flexibility index (Phi) is 5.66. The van der Waals surface area contributed by atoms with E-state index in [1.54, 1.807) is 12.1 Å². The number of sulfonamides is 1. The highest BCUT2D eigenvalue weighted by Crippen LogP contribution is 2.16. The van der Waals surface area contributed by atoms with E-state index in [9.17, 15) is 8.42 Å². The molecule has 2 aromatic rings. The second kappa shape index (κ2) is 7.53. The van der Waals surface area contributed by atoms with Crippen molar-refractivity contribution >= 4 is 27.2 Å². The Morgan fingerprint density at radius 1 is 1.08 bits per heavy atom. The standard InChI is InChI=1S/C17H24N4O2S/c1-13(2)21(3)17-10-5-14(12-19-17)11-18-15-6-8-16(9-7-15)20-24(4,22)23/h5-10,12-13,18,20H,11H2,1-4H3. The first-order chi connectivity index (χ1) is 11.2. The van der Waals surface area contributed by atoms with Crippen LogP contribution in [0.4, 0.5) is 17.2 Å². The van der Waals surface area contributed by atoms with Crippen LogP contribution in [0.2, 0.25) is 0 Å². The molecule has 6 nitrogen and oxygen atoms in total. The quantitative estimate of drug-likeness (QED) is 0.805. The van der Waals surface area contributed by atoms with E-state index in [1.165, 1.54) is 0 Å². The van der Waals surface area contributed by atoms with E-state index in [0.717, 1.165) is 23.3 Å². The van der Waals surface area contributed by atoms with Gasteiger partial charge in [0.2, 0.25) is 10.0 Å². The van der Waals surface area contributed by atoms with Crippen molar-refractivity contribution in [1.82, 2.24) is 4.98 Å². The highest BCUT2D eigenvalue weighted by Gasteiger charge is 2.06. The van der Waals surface area contributed by atoms with Crippen LogP contribution < -0.4 is 14.9 Å². The fourth-order valence-electron chi connectivity index (χ4n) is 2.07. The van der Waals surface area contributed by atoms with Crippen LogP contribution in [0.3, 0.4) is 0 Å². The van der Waals surface area contributed by atoms with Gasteiger partial charge in [-0.25, -0.2) is 13.4 Å². The number of benzene rings is 1. The molecule has 0 fully saturated rings.